The lowest BCUT2D eigenvalue weighted by Gasteiger charge is -2.31. The van der Waals surface area contributed by atoms with Crippen LogP contribution in [-0.4, -0.2) is 9.55 Å². The van der Waals surface area contributed by atoms with Gasteiger partial charge < -0.3 is 4.57 Å². The minimum absolute atomic E-state index is 0.257. The number of hydrogen-bond donors (Lipinski definition) is 0. The summed E-state index contributed by atoms with van der Waals surface area (Å²) in [5.74, 6) is 0. The van der Waals surface area contributed by atoms with E-state index in [2.05, 4.69) is 53.3 Å². The lowest BCUT2D eigenvalue weighted by Crippen LogP contribution is -2.25. The van der Waals surface area contributed by atoms with E-state index in [1.807, 2.05) is 6.33 Å². The summed E-state index contributed by atoms with van der Waals surface area (Å²) in [6.45, 7) is 6.98. The summed E-state index contributed by atoms with van der Waals surface area (Å²) in [4.78, 5) is 4.43. The number of unbranched alkanes of at least 4 members (excludes halogenated alkanes) is 5. The molecule has 0 aliphatic carbocycles. The van der Waals surface area contributed by atoms with Crippen LogP contribution in [0.25, 0.3) is 0 Å². The maximum atomic E-state index is 4.43. The zero-order valence-electron chi connectivity index (χ0n) is 13.7. The first-order valence-corrected chi connectivity index (χ1v) is 9.01. The number of imidazole rings is 1. The molecule has 1 aromatic rings. The van der Waals surface area contributed by atoms with Gasteiger partial charge in [-0.05, 0) is 28.8 Å². The molecule has 0 N–H and O–H groups in total. The summed E-state index contributed by atoms with van der Waals surface area (Å²) in [6, 6.07) is 0. The lowest BCUT2D eigenvalue weighted by molar-refractivity contribution is 0.347. The number of aryl methyl sites for hydroxylation is 1. The zero-order valence-corrected chi connectivity index (χ0v) is 15.3. The molecule has 0 fully saturated rings. The fourth-order valence-corrected chi connectivity index (χ4v) is 4.00. The quantitative estimate of drug-likeness (QED) is 0.477. The molecular weight excluding hydrogens is 312 g/mol. The smallest absolute Gasteiger partial charge is 0.127 e. The van der Waals surface area contributed by atoms with Gasteiger partial charge >= 0.3 is 0 Å². The Bertz CT molecular complexity index is 367. The van der Waals surface area contributed by atoms with Crippen LogP contribution in [0.15, 0.2) is 10.9 Å². The van der Waals surface area contributed by atoms with Crippen LogP contribution in [0.3, 0.4) is 0 Å². The third-order valence-electron chi connectivity index (χ3n) is 4.38. The number of hydrogen-bond acceptors (Lipinski definition) is 1. The second kappa shape index (κ2) is 8.86. The molecule has 1 aromatic heterocycles. The molecule has 1 atom stereocenters. The van der Waals surface area contributed by atoms with Gasteiger partial charge in [-0.2, -0.15) is 0 Å². The number of nitrogens with zero attached hydrogens (tertiary/aromatic N) is 2. The van der Waals surface area contributed by atoms with Crippen LogP contribution in [0.2, 0.25) is 0 Å². The first kappa shape index (κ1) is 17.7. The molecule has 1 unspecified atom stereocenters. The van der Waals surface area contributed by atoms with E-state index < -0.39 is 0 Å². The fraction of sp³-hybridized carbons (Fsp3) is 0.824. The largest absolute Gasteiger partial charge is 0.336 e. The predicted molar refractivity (Wildman–Crippen MR) is 91.2 cm³/mol. The van der Waals surface area contributed by atoms with Crippen molar-refractivity contribution < 1.29 is 0 Å². The van der Waals surface area contributed by atoms with E-state index in [9.17, 15) is 0 Å². The number of rotatable bonds is 10. The van der Waals surface area contributed by atoms with E-state index in [0.29, 0.717) is 0 Å². The molecule has 0 aliphatic heterocycles. The highest BCUT2D eigenvalue weighted by Gasteiger charge is 2.30. The molecule has 0 spiro atoms. The fourth-order valence-electron chi connectivity index (χ4n) is 3.15. The SMILES string of the molecule is CCCCCCC(C)(CCCCC)c1c(Br)ncn1C. The zero-order chi connectivity index (χ0) is 15.0. The molecule has 0 aromatic carbocycles. The lowest BCUT2D eigenvalue weighted by atomic mass is 9.77. The van der Waals surface area contributed by atoms with Gasteiger partial charge in [0.05, 0.1) is 12.0 Å². The van der Waals surface area contributed by atoms with Crippen molar-refractivity contribution in [1.29, 1.82) is 0 Å². The summed E-state index contributed by atoms with van der Waals surface area (Å²) < 4.78 is 3.24. The number of halogens is 1. The van der Waals surface area contributed by atoms with Crippen molar-refractivity contribution in [2.75, 3.05) is 0 Å². The molecule has 2 nitrogen and oxygen atoms in total. The van der Waals surface area contributed by atoms with E-state index in [1.54, 1.807) is 0 Å². The van der Waals surface area contributed by atoms with Gasteiger partial charge in [-0.15, -0.1) is 0 Å². The van der Waals surface area contributed by atoms with Crippen molar-refractivity contribution in [3.8, 4) is 0 Å². The third-order valence-corrected chi connectivity index (χ3v) is 4.96. The molecule has 0 saturated heterocycles. The van der Waals surface area contributed by atoms with Gasteiger partial charge in [0.1, 0.15) is 4.60 Å². The van der Waals surface area contributed by atoms with Crippen LogP contribution >= 0.6 is 15.9 Å². The Morgan fingerprint density at radius 3 is 2.10 bits per heavy atom. The maximum Gasteiger partial charge on any atom is 0.127 e. The molecule has 0 bridgehead atoms. The van der Waals surface area contributed by atoms with Gasteiger partial charge in [0.25, 0.3) is 0 Å². The van der Waals surface area contributed by atoms with Crippen LogP contribution in [0.1, 0.15) is 84.3 Å². The first-order valence-electron chi connectivity index (χ1n) is 8.22. The molecule has 0 amide bonds. The Kier molecular flexibility index (Phi) is 7.86. The van der Waals surface area contributed by atoms with Gasteiger partial charge in [0, 0.05) is 12.5 Å². The van der Waals surface area contributed by atoms with E-state index in [4.69, 9.17) is 0 Å². The van der Waals surface area contributed by atoms with Crippen molar-refractivity contribution in [3.63, 3.8) is 0 Å². The van der Waals surface area contributed by atoms with E-state index >= 15 is 0 Å². The summed E-state index contributed by atoms with van der Waals surface area (Å²) in [5, 5.41) is 0. The Morgan fingerprint density at radius 1 is 1.05 bits per heavy atom. The van der Waals surface area contributed by atoms with Crippen LogP contribution < -0.4 is 0 Å². The third kappa shape index (κ3) is 4.91. The Hall–Kier alpha value is -0.310. The summed E-state index contributed by atoms with van der Waals surface area (Å²) in [6.07, 6.45) is 13.8. The number of aromatic nitrogens is 2. The van der Waals surface area contributed by atoms with Crippen molar-refractivity contribution in [3.05, 3.63) is 16.6 Å². The Balaban J connectivity index is 2.77. The van der Waals surface area contributed by atoms with Crippen molar-refractivity contribution in [1.82, 2.24) is 9.55 Å². The van der Waals surface area contributed by atoms with Gasteiger partial charge in [-0.25, -0.2) is 4.98 Å². The molecule has 3 heteroatoms. The molecule has 0 radical (unpaired) electrons. The van der Waals surface area contributed by atoms with Crippen molar-refractivity contribution in [2.45, 2.75) is 84.0 Å². The molecular formula is C17H31BrN2. The first-order chi connectivity index (χ1) is 9.55. The van der Waals surface area contributed by atoms with E-state index in [-0.39, 0.29) is 5.41 Å². The molecule has 1 rings (SSSR count). The highest BCUT2D eigenvalue weighted by Crippen LogP contribution is 2.38. The van der Waals surface area contributed by atoms with Crippen LogP contribution in [-0.2, 0) is 12.5 Å². The Labute approximate surface area is 133 Å². The Morgan fingerprint density at radius 2 is 1.60 bits per heavy atom. The molecule has 0 saturated carbocycles. The molecule has 1 heterocycles. The van der Waals surface area contributed by atoms with E-state index in [1.165, 1.54) is 63.5 Å². The monoisotopic (exact) mass is 342 g/mol. The summed E-state index contributed by atoms with van der Waals surface area (Å²) >= 11 is 3.65. The standard InChI is InChI=1S/C17H31BrN2/c1-5-7-9-11-13-17(3,12-10-8-6-2)15-16(18)19-14-20(15)4/h14H,5-13H2,1-4H3. The highest BCUT2D eigenvalue weighted by molar-refractivity contribution is 9.10. The normalized spacial score (nSPS) is 14.4. The van der Waals surface area contributed by atoms with Gasteiger partial charge in [-0.3, -0.25) is 0 Å². The van der Waals surface area contributed by atoms with Crippen LogP contribution in [0, 0.1) is 0 Å². The molecule has 20 heavy (non-hydrogen) atoms. The van der Waals surface area contributed by atoms with Gasteiger partial charge in [-0.1, -0.05) is 65.7 Å². The molecule has 0 aliphatic rings. The van der Waals surface area contributed by atoms with E-state index in [0.717, 1.165) is 4.60 Å². The summed E-state index contributed by atoms with van der Waals surface area (Å²) in [5.41, 5.74) is 1.64. The summed E-state index contributed by atoms with van der Waals surface area (Å²) in [7, 11) is 2.12. The average Bonchev–Trinajstić information content (AvgIpc) is 2.75. The maximum absolute atomic E-state index is 4.43. The topological polar surface area (TPSA) is 17.8 Å². The van der Waals surface area contributed by atoms with Crippen molar-refractivity contribution in [2.24, 2.45) is 7.05 Å². The van der Waals surface area contributed by atoms with Crippen molar-refractivity contribution >= 4 is 15.9 Å². The minimum Gasteiger partial charge on any atom is -0.336 e. The highest BCUT2D eigenvalue weighted by atomic mass is 79.9. The van der Waals surface area contributed by atoms with Gasteiger partial charge in [0.15, 0.2) is 0 Å². The minimum atomic E-state index is 0.257. The predicted octanol–water partition coefficient (Wildman–Crippen LogP) is 5.99. The van der Waals surface area contributed by atoms with Crippen LogP contribution in [0.5, 0.6) is 0 Å². The second-order valence-corrected chi connectivity index (χ2v) is 7.07. The average molecular weight is 343 g/mol. The van der Waals surface area contributed by atoms with Gasteiger partial charge in [0.2, 0.25) is 0 Å². The molecule has 116 valence electrons. The van der Waals surface area contributed by atoms with Crippen LogP contribution in [0.4, 0.5) is 0 Å². The second-order valence-electron chi connectivity index (χ2n) is 6.32.